The van der Waals surface area contributed by atoms with E-state index < -0.39 is 24.0 Å². The van der Waals surface area contributed by atoms with E-state index in [0.717, 1.165) is 6.07 Å². The molecule has 0 radical (unpaired) electrons. The van der Waals surface area contributed by atoms with Crippen LogP contribution < -0.4 is 9.47 Å². The van der Waals surface area contributed by atoms with E-state index in [4.69, 9.17) is 21.1 Å². The van der Waals surface area contributed by atoms with E-state index in [1.54, 1.807) is 0 Å². The Hall–Kier alpha value is -2.14. The minimum atomic E-state index is -0.670. The molecule has 0 N–H and O–H groups in total. The van der Waals surface area contributed by atoms with Gasteiger partial charge in [-0.05, 0) is 30.3 Å². The molecule has 110 valence electrons. The highest BCUT2D eigenvalue weighted by atomic mass is 35.5. The summed E-state index contributed by atoms with van der Waals surface area (Å²) in [6.07, 6.45) is 0. The predicted molar refractivity (Wildman–Crippen MR) is 74.2 cm³/mol. The second-order valence-corrected chi connectivity index (χ2v) is 4.52. The van der Waals surface area contributed by atoms with Crippen molar-refractivity contribution in [3.63, 3.8) is 0 Å². The Kier molecular flexibility index (Phi) is 4.75. The van der Waals surface area contributed by atoms with Gasteiger partial charge in [-0.25, -0.2) is 8.78 Å². The molecule has 2 rings (SSSR count). The molecule has 0 amide bonds. The van der Waals surface area contributed by atoms with Gasteiger partial charge >= 0.3 is 0 Å². The van der Waals surface area contributed by atoms with Gasteiger partial charge in [0.25, 0.3) is 0 Å². The van der Waals surface area contributed by atoms with Gasteiger partial charge in [-0.1, -0.05) is 17.7 Å². The third kappa shape index (κ3) is 3.49. The fourth-order valence-corrected chi connectivity index (χ4v) is 1.90. The second kappa shape index (κ2) is 6.54. The van der Waals surface area contributed by atoms with Crippen LogP contribution in [-0.2, 0) is 0 Å². The van der Waals surface area contributed by atoms with Crippen molar-refractivity contribution in [2.75, 3.05) is 13.7 Å². The summed E-state index contributed by atoms with van der Waals surface area (Å²) < 4.78 is 36.8. The molecular weight excluding hydrogens is 302 g/mol. The lowest BCUT2D eigenvalue weighted by Crippen LogP contribution is -2.13. The average Bonchev–Trinajstić information content (AvgIpc) is 2.46. The largest absolute Gasteiger partial charge is 0.494 e. The molecule has 0 aliphatic carbocycles. The fraction of sp³-hybridized carbons (Fsp3) is 0.133. The molecule has 0 aliphatic rings. The van der Waals surface area contributed by atoms with Crippen LogP contribution in [0.4, 0.5) is 8.78 Å². The van der Waals surface area contributed by atoms with Gasteiger partial charge in [0, 0.05) is 5.56 Å². The number of para-hydroxylation sites is 1. The number of carbonyl (C=O) groups is 1. The Morgan fingerprint density at radius 3 is 2.57 bits per heavy atom. The topological polar surface area (TPSA) is 35.5 Å². The SMILES string of the molecule is COc1ccc(C(=O)COc2c(F)cccc2Cl)cc1F. The van der Waals surface area contributed by atoms with E-state index >= 15 is 0 Å². The van der Waals surface area contributed by atoms with Crippen molar-refractivity contribution in [3.05, 3.63) is 58.6 Å². The molecule has 0 spiro atoms. The number of Topliss-reactive ketones (excluding diaryl/α,β-unsaturated/α-hetero) is 1. The maximum absolute atomic E-state index is 13.5. The summed E-state index contributed by atoms with van der Waals surface area (Å²) >= 11 is 5.77. The summed E-state index contributed by atoms with van der Waals surface area (Å²) in [6, 6.07) is 7.80. The number of methoxy groups -OCH3 is 1. The van der Waals surface area contributed by atoms with E-state index in [-0.39, 0.29) is 22.1 Å². The molecule has 0 atom stereocenters. The smallest absolute Gasteiger partial charge is 0.200 e. The van der Waals surface area contributed by atoms with E-state index in [1.165, 1.54) is 37.4 Å². The van der Waals surface area contributed by atoms with Gasteiger partial charge in [0.1, 0.15) is 0 Å². The van der Waals surface area contributed by atoms with Gasteiger partial charge in [0.2, 0.25) is 0 Å². The van der Waals surface area contributed by atoms with Crippen LogP contribution in [0.3, 0.4) is 0 Å². The van der Waals surface area contributed by atoms with Crippen molar-refractivity contribution in [3.8, 4) is 11.5 Å². The Balaban J connectivity index is 2.10. The number of hydrogen-bond acceptors (Lipinski definition) is 3. The molecule has 0 heterocycles. The minimum Gasteiger partial charge on any atom is -0.494 e. The van der Waals surface area contributed by atoms with Crippen molar-refractivity contribution in [2.24, 2.45) is 0 Å². The van der Waals surface area contributed by atoms with E-state index in [0.29, 0.717) is 0 Å². The zero-order valence-corrected chi connectivity index (χ0v) is 11.8. The Bertz CT molecular complexity index is 654. The molecule has 0 bridgehead atoms. The first-order valence-electron chi connectivity index (χ1n) is 5.96. The van der Waals surface area contributed by atoms with Crippen molar-refractivity contribution in [1.29, 1.82) is 0 Å². The number of hydrogen-bond donors (Lipinski definition) is 0. The molecule has 0 saturated heterocycles. The number of halogens is 3. The monoisotopic (exact) mass is 312 g/mol. The highest BCUT2D eigenvalue weighted by Gasteiger charge is 2.14. The molecule has 0 unspecified atom stereocenters. The lowest BCUT2D eigenvalue weighted by molar-refractivity contribution is 0.0918. The second-order valence-electron chi connectivity index (χ2n) is 4.11. The van der Waals surface area contributed by atoms with E-state index in [9.17, 15) is 13.6 Å². The summed E-state index contributed by atoms with van der Waals surface area (Å²) in [5, 5.41) is 0.0590. The summed E-state index contributed by atoms with van der Waals surface area (Å²) in [6.45, 7) is -0.452. The van der Waals surface area contributed by atoms with Crippen LogP contribution in [0.15, 0.2) is 36.4 Å². The first-order chi connectivity index (χ1) is 10.0. The van der Waals surface area contributed by atoms with Gasteiger partial charge in [-0.2, -0.15) is 0 Å². The molecule has 2 aromatic rings. The number of ketones is 1. The number of carbonyl (C=O) groups excluding carboxylic acids is 1. The summed E-state index contributed by atoms with van der Waals surface area (Å²) in [5.41, 5.74) is 0.0979. The van der Waals surface area contributed by atoms with Gasteiger partial charge < -0.3 is 9.47 Å². The predicted octanol–water partition coefficient (Wildman–Crippen LogP) is 3.89. The van der Waals surface area contributed by atoms with Crippen LogP contribution in [-0.4, -0.2) is 19.5 Å². The highest BCUT2D eigenvalue weighted by molar-refractivity contribution is 6.32. The summed E-state index contributed by atoms with van der Waals surface area (Å²) in [5.74, 6) is -2.01. The number of rotatable bonds is 5. The third-order valence-electron chi connectivity index (χ3n) is 2.74. The highest BCUT2D eigenvalue weighted by Crippen LogP contribution is 2.27. The Labute approximate surface area is 125 Å². The van der Waals surface area contributed by atoms with Crippen LogP contribution >= 0.6 is 11.6 Å². The zero-order valence-electron chi connectivity index (χ0n) is 11.0. The summed E-state index contributed by atoms with van der Waals surface area (Å²) in [7, 11) is 1.32. The zero-order chi connectivity index (χ0) is 15.4. The van der Waals surface area contributed by atoms with Crippen molar-refractivity contribution >= 4 is 17.4 Å². The quantitative estimate of drug-likeness (QED) is 0.786. The van der Waals surface area contributed by atoms with Crippen molar-refractivity contribution < 1.29 is 23.0 Å². The lowest BCUT2D eigenvalue weighted by atomic mass is 10.1. The maximum Gasteiger partial charge on any atom is 0.200 e. The first-order valence-corrected chi connectivity index (χ1v) is 6.34. The molecule has 2 aromatic carbocycles. The lowest BCUT2D eigenvalue weighted by Gasteiger charge is -2.09. The minimum absolute atomic E-state index is 0.0321. The van der Waals surface area contributed by atoms with Crippen molar-refractivity contribution in [1.82, 2.24) is 0 Å². The summed E-state index contributed by atoms with van der Waals surface area (Å²) in [4.78, 5) is 11.9. The molecule has 0 aromatic heterocycles. The molecule has 3 nitrogen and oxygen atoms in total. The molecular formula is C15H11ClF2O3. The van der Waals surface area contributed by atoms with Gasteiger partial charge in [0.15, 0.2) is 35.5 Å². The van der Waals surface area contributed by atoms with Gasteiger partial charge in [-0.3, -0.25) is 4.79 Å². The van der Waals surface area contributed by atoms with Crippen LogP contribution in [0.2, 0.25) is 5.02 Å². The molecule has 0 saturated carbocycles. The van der Waals surface area contributed by atoms with Crippen molar-refractivity contribution in [2.45, 2.75) is 0 Å². The van der Waals surface area contributed by atoms with E-state index in [1.807, 2.05) is 0 Å². The fourth-order valence-electron chi connectivity index (χ4n) is 1.68. The number of ether oxygens (including phenoxy) is 2. The molecule has 0 aliphatic heterocycles. The Morgan fingerprint density at radius 1 is 1.19 bits per heavy atom. The maximum atomic E-state index is 13.5. The van der Waals surface area contributed by atoms with Crippen LogP contribution in [0.5, 0.6) is 11.5 Å². The van der Waals surface area contributed by atoms with Gasteiger partial charge in [-0.15, -0.1) is 0 Å². The molecule has 6 heteroatoms. The third-order valence-corrected chi connectivity index (χ3v) is 3.04. The Morgan fingerprint density at radius 2 is 1.95 bits per heavy atom. The molecule has 21 heavy (non-hydrogen) atoms. The molecule has 0 fully saturated rings. The first kappa shape index (κ1) is 15.3. The van der Waals surface area contributed by atoms with Crippen LogP contribution in [0, 0.1) is 11.6 Å². The standard InChI is InChI=1S/C15H11ClF2O3/c1-20-14-6-5-9(7-12(14)18)13(19)8-21-15-10(16)3-2-4-11(15)17/h2-7H,8H2,1H3. The number of benzene rings is 2. The normalized spacial score (nSPS) is 10.3. The average molecular weight is 313 g/mol. The van der Waals surface area contributed by atoms with E-state index in [2.05, 4.69) is 0 Å². The van der Waals surface area contributed by atoms with Crippen LogP contribution in [0.1, 0.15) is 10.4 Å². The van der Waals surface area contributed by atoms with Gasteiger partial charge in [0.05, 0.1) is 12.1 Å². The van der Waals surface area contributed by atoms with Crippen LogP contribution in [0.25, 0.3) is 0 Å².